The van der Waals surface area contributed by atoms with Gasteiger partial charge in [0.1, 0.15) is 17.7 Å². The molecule has 5 heterocycles. The topological polar surface area (TPSA) is 106 Å². The second kappa shape index (κ2) is 8.93. The number of piperazine rings is 1. The summed E-state index contributed by atoms with van der Waals surface area (Å²) in [7, 11) is 0. The number of nitrogens with zero attached hydrogens (tertiary/aromatic N) is 9. The average Bonchev–Trinajstić information content (AvgIpc) is 3.61. The summed E-state index contributed by atoms with van der Waals surface area (Å²) in [5.41, 5.74) is 9.51. The van der Waals surface area contributed by atoms with Crippen molar-refractivity contribution >= 4 is 17.3 Å². The van der Waals surface area contributed by atoms with Gasteiger partial charge in [-0.05, 0) is 30.7 Å². The van der Waals surface area contributed by atoms with Crippen LogP contribution < -0.4 is 15.5 Å². The number of nitrogens with two attached hydrogens (primary N) is 1. The lowest BCUT2D eigenvalue weighted by molar-refractivity contribution is 0.585. The molecule has 5 aromatic rings. The molecule has 1 saturated heterocycles. The second-order valence-electron chi connectivity index (χ2n) is 9.27. The Morgan fingerprint density at radius 2 is 1.62 bits per heavy atom. The summed E-state index contributed by atoms with van der Waals surface area (Å²) < 4.78 is 38.7. The number of fused-ring (bicyclic) bond motifs is 1. The van der Waals surface area contributed by atoms with Crippen LogP contribution in [0, 0.1) is 5.82 Å². The van der Waals surface area contributed by atoms with Gasteiger partial charge in [0.2, 0.25) is 5.95 Å². The van der Waals surface area contributed by atoms with Crippen molar-refractivity contribution in [2.75, 3.05) is 36.0 Å². The minimum absolute atomic E-state index is 0.312. The highest BCUT2D eigenvalue weighted by molar-refractivity contribution is 5.77. The van der Waals surface area contributed by atoms with E-state index in [-0.39, 0.29) is 5.82 Å². The molecule has 1 atom stereocenters. The monoisotopic (exact) mass is 501 g/mol. The van der Waals surface area contributed by atoms with Crippen LogP contribution in [0.4, 0.5) is 16.2 Å². The van der Waals surface area contributed by atoms with E-state index in [1.54, 1.807) is 29.0 Å². The van der Waals surface area contributed by atoms with Crippen LogP contribution in [0.5, 0.6) is 0 Å². The molecular formula is C26H27FN10. The molecule has 0 bridgehead atoms. The van der Waals surface area contributed by atoms with E-state index in [2.05, 4.69) is 34.9 Å². The summed E-state index contributed by atoms with van der Waals surface area (Å²) in [6, 6.07) is 8.07. The summed E-state index contributed by atoms with van der Waals surface area (Å²) >= 11 is 0. The van der Waals surface area contributed by atoms with E-state index in [1.807, 2.05) is 19.2 Å². The molecule has 1 unspecified atom stereocenters. The molecule has 2 N–H and O–H groups in total. The zero-order valence-electron chi connectivity index (χ0n) is 23.2. The molecule has 0 aliphatic carbocycles. The quantitative estimate of drug-likeness (QED) is 0.392. The lowest BCUT2D eigenvalue weighted by Crippen LogP contribution is -2.47. The van der Waals surface area contributed by atoms with Gasteiger partial charge in [-0.2, -0.15) is 10.2 Å². The smallest absolute Gasteiger partial charge is 0.225 e. The zero-order chi connectivity index (χ0) is 28.1. The van der Waals surface area contributed by atoms with E-state index in [0.29, 0.717) is 37.7 Å². The largest absolute Gasteiger partial charge is 0.351 e. The van der Waals surface area contributed by atoms with Gasteiger partial charge in [0.05, 0.1) is 11.7 Å². The van der Waals surface area contributed by atoms with Crippen molar-refractivity contribution in [1.29, 1.82) is 0 Å². The fraction of sp³-hybridized carbons (Fsp3) is 0.269. The van der Waals surface area contributed by atoms with Crippen LogP contribution in [0.2, 0.25) is 0 Å². The Labute approximate surface area is 217 Å². The highest BCUT2D eigenvalue weighted by Gasteiger charge is 2.26. The molecule has 1 aromatic carbocycles. The van der Waals surface area contributed by atoms with Crippen LogP contribution in [0.3, 0.4) is 0 Å². The molecule has 4 aromatic heterocycles. The fourth-order valence-corrected chi connectivity index (χ4v) is 4.62. The van der Waals surface area contributed by atoms with Crippen LogP contribution in [-0.2, 0) is 12.5 Å². The van der Waals surface area contributed by atoms with Crippen molar-refractivity contribution in [2.24, 2.45) is 12.7 Å². The minimum Gasteiger partial charge on any atom is -0.351 e. The summed E-state index contributed by atoms with van der Waals surface area (Å²) in [5, 5.41) is 8.32. The number of rotatable bonds is 5. The first-order valence-electron chi connectivity index (χ1n) is 13.4. The average molecular weight is 502 g/mol. The van der Waals surface area contributed by atoms with Crippen LogP contribution >= 0.6 is 0 Å². The lowest BCUT2D eigenvalue weighted by Gasteiger charge is -2.35. The summed E-state index contributed by atoms with van der Waals surface area (Å²) in [5.74, 6) is 1.09. The minimum atomic E-state index is -2.33. The Balaban J connectivity index is 1.16. The number of aromatic nitrogens is 7. The Kier molecular flexibility index (Phi) is 4.77. The third-order valence-electron chi connectivity index (χ3n) is 6.85. The van der Waals surface area contributed by atoms with E-state index in [9.17, 15) is 4.39 Å². The molecular weight excluding hydrogens is 471 g/mol. The number of hydrogen-bond donors (Lipinski definition) is 1. The lowest BCUT2D eigenvalue weighted by atomic mass is 9.87. The predicted molar refractivity (Wildman–Crippen MR) is 139 cm³/mol. The van der Waals surface area contributed by atoms with Gasteiger partial charge in [-0.25, -0.2) is 23.9 Å². The SMILES string of the molecule is [2H]C([2H])([2H])n1cc(-c2cc3c(N4CCN(c5ncc(C(C)(N)c6ccc(F)cc6)cn5)CC4)ncnn3c2)cn1. The van der Waals surface area contributed by atoms with Gasteiger partial charge in [0.25, 0.3) is 0 Å². The van der Waals surface area contributed by atoms with Crippen molar-refractivity contribution in [3.8, 4) is 11.1 Å². The van der Waals surface area contributed by atoms with Crippen molar-refractivity contribution < 1.29 is 8.50 Å². The van der Waals surface area contributed by atoms with Crippen LogP contribution in [-0.4, -0.2) is 60.5 Å². The van der Waals surface area contributed by atoms with Gasteiger partial charge in [0, 0.05) is 78.7 Å². The van der Waals surface area contributed by atoms with Gasteiger partial charge in [-0.3, -0.25) is 4.68 Å². The van der Waals surface area contributed by atoms with Crippen molar-refractivity contribution in [3.05, 3.63) is 84.6 Å². The van der Waals surface area contributed by atoms with Crippen LogP contribution in [0.15, 0.2) is 67.6 Å². The number of benzene rings is 1. The van der Waals surface area contributed by atoms with Crippen molar-refractivity contribution in [2.45, 2.75) is 12.5 Å². The van der Waals surface area contributed by atoms with Gasteiger partial charge in [-0.15, -0.1) is 0 Å². The predicted octanol–water partition coefficient (Wildman–Crippen LogP) is 2.61. The molecule has 0 radical (unpaired) electrons. The first-order chi connectivity index (χ1) is 19.1. The summed E-state index contributed by atoms with van der Waals surface area (Å²) in [4.78, 5) is 18.0. The van der Waals surface area contributed by atoms with E-state index < -0.39 is 12.5 Å². The van der Waals surface area contributed by atoms with E-state index >= 15 is 0 Å². The van der Waals surface area contributed by atoms with E-state index in [1.165, 1.54) is 30.9 Å². The Hall–Kier alpha value is -4.38. The first kappa shape index (κ1) is 19.8. The van der Waals surface area contributed by atoms with E-state index in [0.717, 1.165) is 32.7 Å². The molecule has 6 rings (SSSR count). The second-order valence-corrected chi connectivity index (χ2v) is 9.27. The van der Waals surface area contributed by atoms with Crippen molar-refractivity contribution in [3.63, 3.8) is 0 Å². The molecule has 1 fully saturated rings. The summed E-state index contributed by atoms with van der Waals surface area (Å²) in [6.45, 7) is 2.28. The maximum atomic E-state index is 13.4. The number of hydrogen-bond acceptors (Lipinski definition) is 8. The van der Waals surface area contributed by atoms with Gasteiger partial charge >= 0.3 is 0 Å². The standard InChI is InChI=1S/C26H27FN10/c1-26(28,20-3-5-22(27)6-4-20)21-13-29-25(30-14-21)36-9-7-35(8-10-36)24-23-11-18(16-37(23)33-17-31-24)19-12-32-34(2)15-19/h3-6,11-17H,7-10,28H2,1-2H3/i2D3. The molecule has 11 heteroatoms. The molecule has 188 valence electrons. The number of aryl methyl sites for hydroxylation is 1. The maximum absolute atomic E-state index is 13.4. The number of anilines is 2. The molecule has 10 nitrogen and oxygen atoms in total. The highest BCUT2D eigenvalue weighted by atomic mass is 19.1. The normalized spacial score (nSPS) is 17.3. The third kappa shape index (κ3) is 4.27. The van der Waals surface area contributed by atoms with Crippen LogP contribution in [0.25, 0.3) is 16.6 Å². The number of halogens is 1. The van der Waals surface area contributed by atoms with Crippen molar-refractivity contribution in [1.82, 2.24) is 34.3 Å². The van der Waals surface area contributed by atoms with E-state index in [4.69, 9.17) is 9.85 Å². The molecule has 0 spiro atoms. The Morgan fingerprint density at radius 3 is 2.32 bits per heavy atom. The highest BCUT2D eigenvalue weighted by Crippen LogP contribution is 2.29. The Bertz CT molecular complexity index is 1640. The zero-order valence-corrected chi connectivity index (χ0v) is 20.2. The first-order valence-corrected chi connectivity index (χ1v) is 11.9. The van der Waals surface area contributed by atoms with Gasteiger partial charge in [-0.1, -0.05) is 12.1 Å². The van der Waals surface area contributed by atoms with Gasteiger partial charge < -0.3 is 15.5 Å². The Morgan fingerprint density at radius 1 is 0.892 bits per heavy atom. The molecule has 37 heavy (non-hydrogen) atoms. The van der Waals surface area contributed by atoms with Crippen LogP contribution in [0.1, 0.15) is 22.2 Å². The molecule has 1 aliphatic rings. The molecule has 0 saturated carbocycles. The fourth-order valence-electron chi connectivity index (χ4n) is 4.62. The summed E-state index contributed by atoms with van der Waals surface area (Å²) in [6.07, 6.45) is 9.84. The third-order valence-corrected chi connectivity index (χ3v) is 6.85. The molecule has 1 aliphatic heterocycles. The van der Waals surface area contributed by atoms with Gasteiger partial charge in [0.15, 0.2) is 5.82 Å². The molecule has 0 amide bonds. The maximum Gasteiger partial charge on any atom is 0.225 e.